The van der Waals surface area contributed by atoms with Crippen LogP contribution in [0.15, 0.2) is 76.9 Å². The summed E-state index contributed by atoms with van der Waals surface area (Å²) in [6.45, 7) is 2.72. The first-order chi connectivity index (χ1) is 15.2. The number of H-pyrrole nitrogens is 1. The molecule has 0 atom stereocenters. The van der Waals surface area contributed by atoms with E-state index in [4.69, 9.17) is 0 Å². The van der Waals surface area contributed by atoms with Crippen LogP contribution in [0.2, 0.25) is 0 Å². The SMILES string of the molecule is Cc1c(CSc2nc3ccccc3[nH]2)cccc1SCC(=O)NCCc1ccccn1. The molecule has 2 aromatic carbocycles. The zero-order valence-electron chi connectivity index (χ0n) is 17.3. The van der Waals surface area contributed by atoms with Gasteiger partial charge in [0.05, 0.1) is 16.8 Å². The lowest BCUT2D eigenvalue weighted by Crippen LogP contribution is -2.27. The van der Waals surface area contributed by atoms with Gasteiger partial charge >= 0.3 is 0 Å². The summed E-state index contributed by atoms with van der Waals surface area (Å²) >= 11 is 3.28. The number of imidazole rings is 1. The van der Waals surface area contributed by atoms with Crippen molar-refractivity contribution >= 4 is 40.5 Å². The second-order valence-corrected chi connectivity index (χ2v) is 9.08. The molecule has 0 aliphatic carbocycles. The van der Waals surface area contributed by atoms with Gasteiger partial charge in [0.15, 0.2) is 5.16 Å². The van der Waals surface area contributed by atoms with Gasteiger partial charge in [-0.05, 0) is 48.4 Å². The van der Waals surface area contributed by atoms with Crippen molar-refractivity contribution in [3.8, 4) is 0 Å². The lowest BCUT2D eigenvalue weighted by molar-refractivity contribution is -0.118. The highest BCUT2D eigenvalue weighted by Gasteiger charge is 2.09. The quantitative estimate of drug-likeness (QED) is 0.352. The number of rotatable bonds is 9. The number of carbonyl (C=O) groups is 1. The summed E-state index contributed by atoms with van der Waals surface area (Å²) in [4.78, 5) is 25.6. The van der Waals surface area contributed by atoms with E-state index in [0.29, 0.717) is 12.3 Å². The summed E-state index contributed by atoms with van der Waals surface area (Å²) in [6.07, 6.45) is 2.51. The van der Waals surface area contributed by atoms with Crippen molar-refractivity contribution in [1.82, 2.24) is 20.3 Å². The highest BCUT2D eigenvalue weighted by Crippen LogP contribution is 2.29. The van der Waals surface area contributed by atoms with Gasteiger partial charge in [-0.2, -0.15) is 0 Å². The normalized spacial score (nSPS) is 11.0. The molecule has 31 heavy (non-hydrogen) atoms. The predicted molar refractivity (Wildman–Crippen MR) is 129 cm³/mol. The second-order valence-electron chi connectivity index (χ2n) is 7.10. The number of fused-ring (bicyclic) bond motifs is 1. The van der Waals surface area contributed by atoms with E-state index in [1.807, 2.05) is 42.5 Å². The van der Waals surface area contributed by atoms with Gasteiger partial charge in [0.25, 0.3) is 0 Å². The minimum absolute atomic E-state index is 0.0439. The van der Waals surface area contributed by atoms with E-state index in [-0.39, 0.29) is 5.91 Å². The van der Waals surface area contributed by atoms with E-state index in [0.717, 1.165) is 39.0 Å². The zero-order valence-corrected chi connectivity index (χ0v) is 18.9. The van der Waals surface area contributed by atoms with Crippen LogP contribution in [0.1, 0.15) is 16.8 Å². The standard InChI is InChI=1S/C24H24N4OS2/c1-17-18(15-31-24-27-20-9-2-3-10-21(20)28-24)7-6-11-22(17)30-16-23(29)26-14-12-19-8-4-5-13-25-19/h2-11,13H,12,14-16H2,1H3,(H,26,29)(H,27,28). The van der Waals surface area contributed by atoms with Crippen molar-refractivity contribution in [3.63, 3.8) is 0 Å². The Morgan fingerprint density at radius 1 is 1.03 bits per heavy atom. The molecule has 0 unspecified atom stereocenters. The number of amides is 1. The number of aromatic amines is 1. The number of hydrogen-bond acceptors (Lipinski definition) is 5. The first-order valence-electron chi connectivity index (χ1n) is 10.1. The van der Waals surface area contributed by atoms with E-state index < -0.39 is 0 Å². The highest BCUT2D eigenvalue weighted by atomic mass is 32.2. The average Bonchev–Trinajstić information content (AvgIpc) is 3.21. The van der Waals surface area contributed by atoms with Crippen LogP contribution < -0.4 is 5.32 Å². The number of benzene rings is 2. The van der Waals surface area contributed by atoms with Gasteiger partial charge in [-0.15, -0.1) is 11.8 Å². The lowest BCUT2D eigenvalue weighted by Gasteiger charge is -2.11. The average molecular weight is 449 g/mol. The van der Waals surface area contributed by atoms with Crippen LogP contribution in [0.4, 0.5) is 0 Å². The zero-order chi connectivity index (χ0) is 21.5. The monoisotopic (exact) mass is 448 g/mol. The smallest absolute Gasteiger partial charge is 0.230 e. The minimum atomic E-state index is 0.0439. The van der Waals surface area contributed by atoms with Crippen LogP contribution in [0.25, 0.3) is 11.0 Å². The molecule has 0 spiro atoms. The molecule has 2 N–H and O–H groups in total. The third-order valence-electron chi connectivity index (χ3n) is 4.92. The van der Waals surface area contributed by atoms with Crippen LogP contribution in [0, 0.1) is 6.92 Å². The van der Waals surface area contributed by atoms with Gasteiger partial charge in [-0.1, -0.05) is 42.1 Å². The fourth-order valence-electron chi connectivity index (χ4n) is 3.19. The molecule has 0 saturated carbocycles. The molecule has 7 heteroatoms. The maximum Gasteiger partial charge on any atom is 0.230 e. The van der Waals surface area contributed by atoms with Gasteiger partial charge in [-0.25, -0.2) is 4.98 Å². The van der Waals surface area contributed by atoms with Crippen molar-refractivity contribution in [3.05, 3.63) is 83.7 Å². The number of carbonyl (C=O) groups excluding carboxylic acids is 1. The summed E-state index contributed by atoms with van der Waals surface area (Å²) in [5.41, 5.74) is 5.50. The topological polar surface area (TPSA) is 70.7 Å². The number of thioether (sulfide) groups is 2. The molecule has 0 aliphatic heterocycles. The van der Waals surface area contributed by atoms with Crippen LogP contribution in [-0.4, -0.2) is 33.2 Å². The molecule has 0 radical (unpaired) electrons. The third-order valence-corrected chi connectivity index (χ3v) is 7.00. The fraction of sp³-hybridized carbons (Fsp3) is 0.208. The number of pyridine rings is 1. The molecule has 0 saturated heterocycles. The summed E-state index contributed by atoms with van der Waals surface area (Å²) in [5.74, 6) is 1.28. The molecule has 4 aromatic rings. The van der Waals surface area contributed by atoms with Gasteiger partial charge in [-0.3, -0.25) is 9.78 Å². The Morgan fingerprint density at radius 2 is 1.90 bits per heavy atom. The first kappa shape index (κ1) is 21.5. The van der Waals surface area contributed by atoms with E-state index >= 15 is 0 Å². The molecular weight excluding hydrogens is 424 g/mol. The molecule has 0 fully saturated rings. The number of aromatic nitrogens is 3. The Kier molecular flexibility index (Phi) is 7.27. The van der Waals surface area contributed by atoms with E-state index in [1.165, 1.54) is 11.1 Å². The third kappa shape index (κ3) is 5.89. The van der Waals surface area contributed by atoms with Crippen molar-refractivity contribution in [2.75, 3.05) is 12.3 Å². The highest BCUT2D eigenvalue weighted by molar-refractivity contribution is 8.00. The van der Waals surface area contributed by atoms with Crippen molar-refractivity contribution in [1.29, 1.82) is 0 Å². The van der Waals surface area contributed by atoms with Crippen LogP contribution in [0.3, 0.4) is 0 Å². The molecule has 5 nitrogen and oxygen atoms in total. The number of para-hydroxylation sites is 2. The largest absolute Gasteiger partial charge is 0.355 e. The van der Waals surface area contributed by atoms with Gasteiger partial charge in [0.1, 0.15) is 0 Å². The summed E-state index contributed by atoms with van der Waals surface area (Å²) in [7, 11) is 0. The maximum absolute atomic E-state index is 12.2. The van der Waals surface area contributed by atoms with Crippen molar-refractivity contribution in [2.24, 2.45) is 0 Å². The van der Waals surface area contributed by atoms with E-state index in [9.17, 15) is 4.79 Å². The molecule has 0 aliphatic rings. The van der Waals surface area contributed by atoms with Gasteiger partial charge in [0.2, 0.25) is 5.91 Å². The molecule has 158 valence electrons. The predicted octanol–water partition coefficient (Wildman–Crippen LogP) is 5.01. The minimum Gasteiger partial charge on any atom is -0.355 e. The summed E-state index contributed by atoms with van der Waals surface area (Å²) in [6, 6.07) is 20.2. The van der Waals surface area contributed by atoms with Crippen LogP contribution in [0.5, 0.6) is 0 Å². The summed E-state index contributed by atoms with van der Waals surface area (Å²) in [5, 5.41) is 3.90. The molecule has 0 bridgehead atoms. The molecule has 1 amide bonds. The Bertz CT molecular complexity index is 1130. The van der Waals surface area contributed by atoms with Crippen LogP contribution >= 0.6 is 23.5 Å². The Labute approximate surface area is 190 Å². The Balaban J connectivity index is 1.28. The molecular formula is C24H24N4OS2. The van der Waals surface area contributed by atoms with Crippen LogP contribution in [-0.2, 0) is 17.0 Å². The Morgan fingerprint density at radius 3 is 2.74 bits per heavy atom. The summed E-state index contributed by atoms with van der Waals surface area (Å²) < 4.78 is 0. The fourth-order valence-corrected chi connectivity index (χ4v) is 5.05. The van der Waals surface area contributed by atoms with E-state index in [2.05, 4.69) is 45.4 Å². The van der Waals surface area contributed by atoms with Crippen molar-refractivity contribution < 1.29 is 4.79 Å². The first-order valence-corrected chi connectivity index (χ1v) is 12.1. The second kappa shape index (κ2) is 10.5. The van der Waals surface area contributed by atoms with Gasteiger partial charge in [0, 0.05) is 35.5 Å². The Hall–Kier alpha value is -2.77. The molecule has 2 aromatic heterocycles. The number of nitrogens with one attached hydrogen (secondary N) is 2. The van der Waals surface area contributed by atoms with Gasteiger partial charge < -0.3 is 10.3 Å². The number of nitrogens with zero attached hydrogens (tertiary/aromatic N) is 2. The maximum atomic E-state index is 12.2. The molecule has 4 rings (SSSR count). The van der Waals surface area contributed by atoms with Crippen molar-refractivity contribution in [2.45, 2.75) is 29.1 Å². The van der Waals surface area contributed by atoms with E-state index in [1.54, 1.807) is 29.7 Å². The number of hydrogen-bond donors (Lipinski definition) is 2. The molecule has 2 heterocycles. The lowest BCUT2D eigenvalue weighted by atomic mass is 10.1.